The van der Waals surface area contributed by atoms with Gasteiger partial charge in [-0.1, -0.05) is 12.1 Å². The van der Waals surface area contributed by atoms with E-state index >= 15 is 0 Å². The number of hydrogen-bond acceptors (Lipinski definition) is 8. The van der Waals surface area contributed by atoms with E-state index in [1.54, 1.807) is 25.1 Å². The van der Waals surface area contributed by atoms with E-state index in [0.29, 0.717) is 17.9 Å². The number of ether oxygens (including phenoxy) is 2. The number of hydrogen-bond donors (Lipinski definition) is 1. The van der Waals surface area contributed by atoms with Crippen LogP contribution in [0.4, 0.5) is 11.4 Å². The van der Waals surface area contributed by atoms with Gasteiger partial charge in [-0.05, 0) is 31.2 Å². The molecule has 0 saturated carbocycles. The van der Waals surface area contributed by atoms with Gasteiger partial charge in [0.1, 0.15) is 12.3 Å². The Morgan fingerprint density at radius 1 is 1.26 bits per heavy atom. The predicted molar refractivity (Wildman–Crippen MR) is 115 cm³/mol. The molecule has 2 rings (SSSR count). The number of nitrogens with zero attached hydrogens (tertiary/aromatic N) is 3. The third-order valence-electron chi connectivity index (χ3n) is 3.92. The number of carbonyl (C=O) groups is 1. The van der Waals surface area contributed by atoms with Crippen LogP contribution >= 0.6 is 0 Å². The minimum absolute atomic E-state index is 0.0861. The fourth-order valence-electron chi connectivity index (χ4n) is 2.60. The summed E-state index contributed by atoms with van der Waals surface area (Å²) in [6.07, 6.45) is 2.17. The molecule has 0 atom stereocenters. The number of carbonyl (C=O) groups excluding carboxylic acids is 1. The van der Waals surface area contributed by atoms with E-state index in [1.165, 1.54) is 37.6 Å². The zero-order valence-corrected chi connectivity index (χ0v) is 18.0. The lowest BCUT2D eigenvalue weighted by Gasteiger charge is -2.23. The smallest absolute Gasteiger partial charge is 0.311 e. The summed E-state index contributed by atoms with van der Waals surface area (Å²) in [5, 5.41) is 14.8. The molecule has 0 fully saturated rings. The summed E-state index contributed by atoms with van der Waals surface area (Å²) < 4.78 is 35.8. The van der Waals surface area contributed by atoms with E-state index in [-0.39, 0.29) is 17.1 Å². The SMILES string of the molecule is CCOc1ccccc1N(CC(=O)N/N=C\c1ccc(OC)c([N+](=O)[O-])c1)S(C)(=O)=O. The van der Waals surface area contributed by atoms with Crippen LogP contribution in [0.2, 0.25) is 0 Å². The maximum atomic E-state index is 12.3. The largest absolute Gasteiger partial charge is 0.492 e. The number of nitro benzene ring substituents is 1. The first-order chi connectivity index (χ1) is 14.7. The van der Waals surface area contributed by atoms with Crippen molar-refractivity contribution in [1.82, 2.24) is 5.43 Å². The molecule has 0 unspecified atom stereocenters. The first-order valence-corrected chi connectivity index (χ1v) is 10.9. The molecule has 0 aliphatic rings. The van der Waals surface area contributed by atoms with Gasteiger partial charge in [-0.3, -0.25) is 19.2 Å². The van der Waals surface area contributed by atoms with Crippen LogP contribution in [-0.4, -0.2) is 52.0 Å². The Bertz CT molecular complexity index is 1090. The fourth-order valence-corrected chi connectivity index (χ4v) is 3.46. The van der Waals surface area contributed by atoms with Crippen molar-refractivity contribution in [3.8, 4) is 11.5 Å². The van der Waals surface area contributed by atoms with Gasteiger partial charge in [-0.15, -0.1) is 0 Å². The molecule has 0 radical (unpaired) electrons. The fraction of sp³-hybridized carbons (Fsp3) is 0.263. The van der Waals surface area contributed by atoms with Crippen LogP contribution in [0.15, 0.2) is 47.6 Å². The van der Waals surface area contributed by atoms with Crippen LogP contribution < -0.4 is 19.2 Å². The maximum Gasteiger partial charge on any atom is 0.311 e. The molecule has 0 aliphatic carbocycles. The van der Waals surface area contributed by atoms with Crippen molar-refractivity contribution in [3.63, 3.8) is 0 Å². The highest BCUT2D eigenvalue weighted by Crippen LogP contribution is 2.29. The van der Waals surface area contributed by atoms with Crippen molar-refractivity contribution in [3.05, 3.63) is 58.1 Å². The van der Waals surface area contributed by atoms with E-state index in [0.717, 1.165) is 10.6 Å². The third kappa shape index (κ3) is 6.40. The van der Waals surface area contributed by atoms with E-state index in [2.05, 4.69) is 10.5 Å². The number of nitro groups is 1. The van der Waals surface area contributed by atoms with Crippen LogP contribution in [0.5, 0.6) is 11.5 Å². The Balaban J connectivity index is 2.16. The second-order valence-electron chi connectivity index (χ2n) is 6.15. The number of nitrogens with one attached hydrogen (secondary N) is 1. The first-order valence-electron chi connectivity index (χ1n) is 9.01. The molecule has 0 aromatic heterocycles. The van der Waals surface area contributed by atoms with Crippen LogP contribution in [-0.2, 0) is 14.8 Å². The van der Waals surface area contributed by atoms with E-state index in [9.17, 15) is 23.3 Å². The van der Waals surface area contributed by atoms with Gasteiger partial charge in [-0.2, -0.15) is 5.10 Å². The number of benzene rings is 2. The second kappa shape index (κ2) is 10.4. The lowest BCUT2D eigenvalue weighted by Crippen LogP contribution is -2.39. The van der Waals surface area contributed by atoms with Gasteiger partial charge in [0.05, 0.1) is 36.8 Å². The molecule has 12 heteroatoms. The lowest BCUT2D eigenvalue weighted by molar-refractivity contribution is -0.385. The van der Waals surface area contributed by atoms with E-state index < -0.39 is 27.4 Å². The summed E-state index contributed by atoms with van der Waals surface area (Å²) in [4.78, 5) is 22.8. The predicted octanol–water partition coefficient (Wildman–Crippen LogP) is 1.92. The molecule has 166 valence electrons. The van der Waals surface area contributed by atoms with Gasteiger partial charge in [0.2, 0.25) is 10.0 Å². The maximum absolute atomic E-state index is 12.3. The second-order valence-corrected chi connectivity index (χ2v) is 8.06. The molecule has 0 bridgehead atoms. The molecule has 0 aliphatic heterocycles. The van der Waals surface area contributed by atoms with Crippen molar-refractivity contribution in [2.75, 3.05) is 30.8 Å². The highest BCUT2D eigenvalue weighted by molar-refractivity contribution is 7.92. The van der Waals surface area contributed by atoms with Gasteiger partial charge in [0.15, 0.2) is 5.75 Å². The highest BCUT2D eigenvalue weighted by atomic mass is 32.2. The molecule has 1 N–H and O–H groups in total. The van der Waals surface area contributed by atoms with Gasteiger partial charge < -0.3 is 9.47 Å². The first kappa shape index (κ1) is 23.6. The summed E-state index contributed by atoms with van der Waals surface area (Å²) in [6.45, 7) is 1.54. The average Bonchev–Trinajstić information content (AvgIpc) is 2.72. The number of hydrazone groups is 1. The van der Waals surface area contributed by atoms with Crippen molar-refractivity contribution in [2.45, 2.75) is 6.92 Å². The van der Waals surface area contributed by atoms with Crippen molar-refractivity contribution in [2.24, 2.45) is 5.10 Å². The minimum atomic E-state index is -3.80. The monoisotopic (exact) mass is 450 g/mol. The number of anilines is 1. The number of methoxy groups -OCH3 is 1. The topological polar surface area (TPSA) is 140 Å². The van der Waals surface area contributed by atoms with Crippen molar-refractivity contribution < 1.29 is 27.6 Å². The molecule has 0 spiro atoms. The summed E-state index contributed by atoms with van der Waals surface area (Å²) >= 11 is 0. The molecule has 1 amide bonds. The molecule has 2 aromatic carbocycles. The van der Waals surface area contributed by atoms with Crippen LogP contribution in [0.25, 0.3) is 0 Å². The zero-order valence-electron chi connectivity index (χ0n) is 17.1. The summed E-state index contributed by atoms with van der Waals surface area (Å²) in [5.41, 5.74) is 2.52. The molecular formula is C19H22N4O7S. The molecule has 31 heavy (non-hydrogen) atoms. The number of rotatable bonds is 10. The standard InChI is InChI=1S/C19H22N4O7S/c1-4-30-18-8-6-5-7-15(18)22(31(3,27)28)13-19(24)21-20-12-14-9-10-17(29-2)16(11-14)23(25)26/h5-12H,4,13H2,1-3H3,(H,21,24)/b20-12-. The van der Waals surface area contributed by atoms with Gasteiger partial charge in [0.25, 0.3) is 5.91 Å². The molecule has 2 aromatic rings. The van der Waals surface area contributed by atoms with Crippen LogP contribution in [0, 0.1) is 10.1 Å². The highest BCUT2D eigenvalue weighted by Gasteiger charge is 2.23. The minimum Gasteiger partial charge on any atom is -0.492 e. The summed E-state index contributed by atoms with van der Waals surface area (Å²) in [6, 6.07) is 10.6. The van der Waals surface area contributed by atoms with Crippen molar-refractivity contribution >= 4 is 33.5 Å². The van der Waals surface area contributed by atoms with Gasteiger partial charge in [-0.25, -0.2) is 13.8 Å². The zero-order chi connectivity index (χ0) is 23.0. The Labute approximate surface area is 179 Å². The van der Waals surface area contributed by atoms with E-state index in [4.69, 9.17) is 9.47 Å². The Morgan fingerprint density at radius 3 is 2.58 bits per heavy atom. The molecular weight excluding hydrogens is 428 g/mol. The third-order valence-corrected chi connectivity index (χ3v) is 5.05. The quantitative estimate of drug-likeness (QED) is 0.331. The average molecular weight is 450 g/mol. The van der Waals surface area contributed by atoms with Crippen molar-refractivity contribution in [1.29, 1.82) is 0 Å². The van der Waals surface area contributed by atoms with Crippen LogP contribution in [0.3, 0.4) is 0 Å². The van der Waals surface area contributed by atoms with E-state index in [1.807, 2.05) is 0 Å². The summed E-state index contributed by atoms with van der Waals surface area (Å²) in [7, 11) is -2.49. The summed E-state index contributed by atoms with van der Waals surface area (Å²) in [5.74, 6) is -0.309. The Hall–Kier alpha value is -3.67. The lowest BCUT2D eigenvalue weighted by atomic mass is 10.2. The number of sulfonamides is 1. The molecule has 0 saturated heterocycles. The molecule has 11 nitrogen and oxygen atoms in total. The van der Waals surface area contributed by atoms with Gasteiger partial charge in [0, 0.05) is 11.6 Å². The Morgan fingerprint density at radius 2 is 1.97 bits per heavy atom. The number of para-hydroxylation sites is 2. The molecule has 0 heterocycles. The Kier molecular flexibility index (Phi) is 7.91. The number of amides is 1. The van der Waals surface area contributed by atoms with Gasteiger partial charge >= 0.3 is 5.69 Å². The normalized spacial score (nSPS) is 11.2. The van der Waals surface area contributed by atoms with Crippen LogP contribution in [0.1, 0.15) is 12.5 Å².